The molecule has 32 heavy (non-hydrogen) atoms. The average molecular weight is 549 g/mol. The summed E-state index contributed by atoms with van der Waals surface area (Å²) in [6, 6.07) is 21.7. The maximum atomic E-state index is 6.00. The third kappa shape index (κ3) is 6.93. The zero-order valence-electron chi connectivity index (χ0n) is 19.2. The fourth-order valence-corrected chi connectivity index (χ4v) is 4.79. The van der Waals surface area contributed by atoms with Gasteiger partial charge in [-0.25, -0.2) is 0 Å². The van der Waals surface area contributed by atoms with Crippen molar-refractivity contribution in [3.05, 3.63) is 71.8 Å². The molecule has 0 saturated carbocycles. The number of likely N-dealkylation sites (tertiary alicyclic amines) is 2. The Morgan fingerprint density at radius 1 is 1.03 bits per heavy atom. The van der Waals surface area contributed by atoms with Crippen LogP contribution >= 0.6 is 24.0 Å². The number of hydrogen-bond acceptors (Lipinski definition) is 3. The van der Waals surface area contributed by atoms with Crippen LogP contribution in [-0.4, -0.2) is 62.1 Å². The molecule has 2 aliphatic rings. The zero-order chi connectivity index (χ0) is 21.3. The Morgan fingerprint density at radius 2 is 1.72 bits per heavy atom. The number of benzene rings is 2. The third-order valence-electron chi connectivity index (χ3n) is 6.48. The van der Waals surface area contributed by atoms with Crippen molar-refractivity contribution in [3.63, 3.8) is 0 Å². The Kier molecular flexibility index (Phi) is 10.3. The van der Waals surface area contributed by atoms with E-state index in [2.05, 4.69) is 74.7 Å². The molecule has 2 aromatic rings. The van der Waals surface area contributed by atoms with Gasteiger partial charge in [0.25, 0.3) is 0 Å². The molecule has 0 aliphatic carbocycles. The van der Waals surface area contributed by atoms with Gasteiger partial charge in [-0.2, -0.15) is 0 Å². The van der Waals surface area contributed by atoms with Crippen molar-refractivity contribution in [1.82, 2.24) is 15.1 Å². The topological polar surface area (TPSA) is 40.1 Å². The molecule has 5 nitrogen and oxygen atoms in total. The highest BCUT2D eigenvalue weighted by molar-refractivity contribution is 14.0. The second-order valence-corrected chi connectivity index (χ2v) is 8.70. The maximum Gasteiger partial charge on any atom is 0.193 e. The monoisotopic (exact) mass is 548 g/mol. The smallest absolute Gasteiger partial charge is 0.193 e. The molecular formula is C26H37IN4O. The minimum absolute atomic E-state index is 0. The Balaban J connectivity index is 0.00000289. The van der Waals surface area contributed by atoms with Crippen LogP contribution in [-0.2, 0) is 11.3 Å². The number of nitrogens with one attached hydrogen (secondary N) is 1. The molecule has 0 spiro atoms. The quantitative estimate of drug-likeness (QED) is 0.299. The van der Waals surface area contributed by atoms with Crippen LogP contribution in [0.2, 0.25) is 0 Å². The van der Waals surface area contributed by atoms with E-state index in [4.69, 9.17) is 4.74 Å². The van der Waals surface area contributed by atoms with E-state index in [1.807, 2.05) is 13.1 Å². The minimum Gasteiger partial charge on any atom is -0.376 e. The lowest BCUT2D eigenvalue weighted by Gasteiger charge is -2.30. The van der Waals surface area contributed by atoms with Crippen LogP contribution in [0.25, 0.3) is 0 Å². The van der Waals surface area contributed by atoms with Crippen LogP contribution in [0.1, 0.15) is 36.4 Å². The molecule has 2 saturated heterocycles. The van der Waals surface area contributed by atoms with E-state index in [0.717, 1.165) is 38.6 Å². The van der Waals surface area contributed by atoms with Gasteiger partial charge in [-0.1, -0.05) is 60.7 Å². The molecule has 2 unspecified atom stereocenters. The van der Waals surface area contributed by atoms with Gasteiger partial charge in [0.1, 0.15) is 0 Å². The summed E-state index contributed by atoms with van der Waals surface area (Å²) in [5, 5.41) is 3.68. The first kappa shape index (κ1) is 25.0. The van der Waals surface area contributed by atoms with Gasteiger partial charge in [0.15, 0.2) is 5.96 Å². The van der Waals surface area contributed by atoms with Crippen molar-refractivity contribution in [2.75, 3.05) is 46.4 Å². The lowest BCUT2D eigenvalue weighted by atomic mass is 10.1. The van der Waals surface area contributed by atoms with Gasteiger partial charge in [-0.15, -0.1) is 24.0 Å². The van der Waals surface area contributed by atoms with Gasteiger partial charge in [-0.3, -0.25) is 9.89 Å². The van der Waals surface area contributed by atoms with Crippen LogP contribution in [0.3, 0.4) is 0 Å². The lowest BCUT2D eigenvalue weighted by molar-refractivity contribution is 0.0906. The molecule has 0 aromatic heterocycles. The number of rotatable bonds is 8. The van der Waals surface area contributed by atoms with Gasteiger partial charge < -0.3 is 15.0 Å². The van der Waals surface area contributed by atoms with Gasteiger partial charge >= 0.3 is 0 Å². The van der Waals surface area contributed by atoms with E-state index in [-0.39, 0.29) is 24.0 Å². The first-order valence-electron chi connectivity index (χ1n) is 11.7. The lowest BCUT2D eigenvalue weighted by Crippen LogP contribution is -2.44. The maximum absolute atomic E-state index is 6.00. The van der Waals surface area contributed by atoms with Crippen molar-refractivity contribution in [2.24, 2.45) is 10.9 Å². The summed E-state index contributed by atoms with van der Waals surface area (Å²) in [5.41, 5.74) is 2.63. The molecule has 6 heteroatoms. The van der Waals surface area contributed by atoms with Crippen LogP contribution in [0.5, 0.6) is 0 Å². The molecule has 0 amide bonds. The van der Waals surface area contributed by atoms with Gasteiger partial charge in [-0.05, 0) is 43.5 Å². The number of aliphatic imine (C=N–C) groups is 1. The average Bonchev–Trinajstić information content (AvgIpc) is 3.51. The summed E-state index contributed by atoms with van der Waals surface area (Å²) in [4.78, 5) is 9.60. The van der Waals surface area contributed by atoms with Gasteiger partial charge in [0, 0.05) is 32.6 Å². The number of guanidine groups is 1. The second-order valence-electron chi connectivity index (χ2n) is 8.70. The normalized spacial score (nSPS) is 20.2. The van der Waals surface area contributed by atoms with Crippen LogP contribution in [0.15, 0.2) is 65.7 Å². The first-order valence-corrected chi connectivity index (χ1v) is 11.7. The Bertz CT molecular complexity index is 811. The molecule has 4 rings (SSSR count). The highest BCUT2D eigenvalue weighted by Gasteiger charge is 2.27. The standard InChI is InChI=1S/C26H36N4O.HI/c1-27-26(28-18-25(29-15-8-9-16-29)24-12-6-3-7-13-24)30-17-14-23(19-30)21-31-20-22-10-4-2-5-11-22;/h2-7,10-13,23,25H,8-9,14-21H2,1H3,(H,27,28);1H. The number of halogens is 1. The molecule has 1 N–H and O–H groups in total. The van der Waals surface area contributed by atoms with Gasteiger partial charge in [0.2, 0.25) is 0 Å². The first-order chi connectivity index (χ1) is 15.3. The molecule has 0 radical (unpaired) electrons. The van der Waals surface area contributed by atoms with Gasteiger partial charge in [0.05, 0.1) is 19.3 Å². The summed E-state index contributed by atoms with van der Waals surface area (Å²) in [6.07, 6.45) is 3.76. The van der Waals surface area contributed by atoms with E-state index in [9.17, 15) is 0 Å². The fraction of sp³-hybridized carbons (Fsp3) is 0.500. The van der Waals surface area contributed by atoms with Crippen molar-refractivity contribution in [3.8, 4) is 0 Å². The molecule has 2 fully saturated rings. The summed E-state index contributed by atoms with van der Waals surface area (Å²) < 4.78 is 6.00. The largest absolute Gasteiger partial charge is 0.376 e. The fourth-order valence-electron chi connectivity index (χ4n) is 4.79. The molecule has 174 valence electrons. The Hall–Kier alpha value is -1.64. The zero-order valence-corrected chi connectivity index (χ0v) is 21.5. The Labute approximate surface area is 210 Å². The number of hydrogen-bond donors (Lipinski definition) is 1. The molecule has 2 atom stereocenters. The summed E-state index contributed by atoms with van der Waals surface area (Å²) >= 11 is 0. The highest BCUT2D eigenvalue weighted by atomic mass is 127. The summed E-state index contributed by atoms with van der Waals surface area (Å²) in [7, 11) is 1.90. The van der Waals surface area contributed by atoms with E-state index >= 15 is 0 Å². The number of ether oxygens (including phenoxy) is 1. The van der Waals surface area contributed by atoms with Crippen LogP contribution in [0, 0.1) is 5.92 Å². The van der Waals surface area contributed by atoms with Crippen LogP contribution in [0.4, 0.5) is 0 Å². The van der Waals surface area contributed by atoms with Crippen molar-refractivity contribution in [1.29, 1.82) is 0 Å². The number of nitrogens with zero attached hydrogens (tertiary/aromatic N) is 3. The molecular weight excluding hydrogens is 511 g/mol. The third-order valence-corrected chi connectivity index (χ3v) is 6.48. The Morgan fingerprint density at radius 3 is 2.41 bits per heavy atom. The predicted octanol–water partition coefficient (Wildman–Crippen LogP) is 4.56. The molecule has 2 aliphatic heterocycles. The second kappa shape index (κ2) is 13.2. The van der Waals surface area contributed by atoms with E-state index in [0.29, 0.717) is 18.6 Å². The van der Waals surface area contributed by atoms with Crippen LogP contribution < -0.4 is 5.32 Å². The molecule has 2 heterocycles. The molecule has 0 bridgehead atoms. The molecule has 2 aromatic carbocycles. The highest BCUT2D eigenvalue weighted by Crippen LogP contribution is 2.25. The summed E-state index contributed by atoms with van der Waals surface area (Å²) in [6.45, 7) is 6.81. The predicted molar refractivity (Wildman–Crippen MR) is 143 cm³/mol. The van der Waals surface area contributed by atoms with Crippen molar-refractivity contribution in [2.45, 2.75) is 31.9 Å². The van der Waals surface area contributed by atoms with E-state index < -0.39 is 0 Å². The van der Waals surface area contributed by atoms with Crippen molar-refractivity contribution < 1.29 is 4.74 Å². The SMILES string of the molecule is CN=C(NCC(c1ccccc1)N1CCCC1)N1CCC(COCc2ccccc2)C1.I. The van der Waals surface area contributed by atoms with Crippen molar-refractivity contribution >= 4 is 29.9 Å². The van der Waals surface area contributed by atoms with E-state index in [1.165, 1.54) is 37.1 Å². The summed E-state index contributed by atoms with van der Waals surface area (Å²) in [5.74, 6) is 1.58. The minimum atomic E-state index is 0. The van der Waals surface area contributed by atoms with E-state index in [1.54, 1.807) is 0 Å².